The van der Waals surface area contributed by atoms with Crippen molar-refractivity contribution in [3.05, 3.63) is 41.8 Å². The molecule has 0 bridgehead atoms. The molecule has 25 heavy (non-hydrogen) atoms. The molecular weight excluding hydrogens is 323 g/mol. The fourth-order valence-corrected chi connectivity index (χ4v) is 3.29. The lowest BCUT2D eigenvalue weighted by molar-refractivity contribution is -0.139. The molecule has 7 heteroatoms. The number of hydrogen-bond acceptors (Lipinski definition) is 4. The molecule has 0 unspecified atom stereocenters. The van der Waals surface area contributed by atoms with Crippen LogP contribution in [-0.4, -0.2) is 51.3 Å². The van der Waals surface area contributed by atoms with Crippen LogP contribution in [0.4, 0.5) is 4.39 Å². The van der Waals surface area contributed by atoms with Crippen molar-refractivity contribution in [3.63, 3.8) is 0 Å². The Kier molecular flexibility index (Phi) is 5.45. The summed E-state index contributed by atoms with van der Waals surface area (Å²) in [6.45, 7) is 3.51. The van der Waals surface area contributed by atoms with Gasteiger partial charge in [-0.1, -0.05) is 6.92 Å². The van der Waals surface area contributed by atoms with Gasteiger partial charge < -0.3 is 10.4 Å². The highest BCUT2D eigenvalue weighted by Crippen LogP contribution is 2.27. The Labute approximate surface area is 146 Å². The average molecular weight is 346 g/mol. The van der Waals surface area contributed by atoms with Gasteiger partial charge in [0, 0.05) is 29.8 Å². The predicted molar refractivity (Wildman–Crippen MR) is 92.5 cm³/mol. The molecule has 134 valence electrons. The minimum Gasteiger partial charge on any atom is -0.480 e. The molecule has 1 aliphatic carbocycles. The van der Waals surface area contributed by atoms with Gasteiger partial charge in [-0.25, -0.2) is 4.39 Å². The van der Waals surface area contributed by atoms with Crippen molar-refractivity contribution in [2.75, 3.05) is 13.1 Å². The van der Waals surface area contributed by atoms with Crippen molar-refractivity contribution in [2.45, 2.75) is 38.4 Å². The number of carbonyl (C=O) groups is 1. The minimum atomic E-state index is -0.777. The molecule has 0 spiro atoms. The Hall–Kier alpha value is -2.25. The Bertz CT molecular complexity index is 710. The number of likely N-dealkylation sites (N-methyl/N-ethyl adjacent to an activating group) is 1. The number of carboxylic acid groups (broad SMARTS) is 1. The van der Waals surface area contributed by atoms with Crippen LogP contribution >= 0.6 is 0 Å². The van der Waals surface area contributed by atoms with Crippen molar-refractivity contribution in [1.29, 1.82) is 0 Å². The van der Waals surface area contributed by atoms with Crippen LogP contribution in [0.1, 0.15) is 25.3 Å². The zero-order valence-corrected chi connectivity index (χ0v) is 14.2. The van der Waals surface area contributed by atoms with Crippen molar-refractivity contribution < 1.29 is 14.3 Å². The number of rotatable bonds is 8. The van der Waals surface area contributed by atoms with Crippen molar-refractivity contribution in [3.8, 4) is 11.3 Å². The summed E-state index contributed by atoms with van der Waals surface area (Å²) in [7, 11) is 0. The van der Waals surface area contributed by atoms with Gasteiger partial charge in [0.15, 0.2) is 0 Å². The molecule has 1 aliphatic rings. The van der Waals surface area contributed by atoms with Crippen LogP contribution in [0.2, 0.25) is 0 Å². The number of carboxylic acids is 1. The highest BCUT2D eigenvalue weighted by Gasteiger charge is 2.33. The van der Waals surface area contributed by atoms with E-state index in [0.717, 1.165) is 36.2 Å². The molecule has 0 atom stereocenters. The second-order valence-electron chi connectivity index (χ2n) is 6.44. The van der Waals surface area contributed by atoms with Crippen LogP contribution < -0.4 is 5.32 Å². The van der Waals surface area contributed by atoms with Gasteiger partial charge in [-0.05, 0) is 43.7 Å². The maximum absolute atomic E-state index is 13.1. The summed E-state index contributed by atoms with van der Waals surface area (Å²) in [4.78, 5) is 12.9. The van der Waals surface area contributed by atoms with E-state index < -0.39 is 5.97 Å². The van der Waals surface area contributed by atoms with E-state index in [9.17, 15) is 9.18 Å². The number of hydrogen-bond donors (Lipinski definition) is 3. The number of benzene rings is 1. The van der Waals surface area contributed by atoms with Gasteiger partial charge in [-0.2, -0.15) is 5.10 Å². The number of nitrogens with zero attached hydrogens (tertiary/aromatic N) is 2. The van der Waals surface area contributed by atoms with E-state index in [0.29, 0.717) is 18.6 Å². The number of aromatic nitrogens is 2. The number of H-pyrrole nitrogens is 1. The van der Waals surface area contributed by atoms with Crippen LogP contribution in [0.3, 0.4) is 0 Å². The summed E-state index contributed by atoms with van der Waals surface area (Å²) in [5.74, 6) is -1.04. The molecule has 0 radical (unpaired) electrons. The molecule has 0 amide bonds. The van der Waals surface area contributed by atoms with Gasteiger partial charge >= 0.3 is 5.97 Å². The lowest BCUT2D eigenvalue weighted by Gasteiger charge is -2.42. The Morgan fingerprint density at radius 2 is 2.12 bits per heavy atom. The fourth-order valence-electron chi connectivity index (χ4n) is 3.29. The number of aliphatic carboxylic acids is 1. The summed E-state index contributed by atoms with van der Waals surface area (Å²) < 4.78 is 13.1. The molecule has 0 aliphatic heterocycles. The van der Waals surface area contributed by atoms with Crippen LogP contribution in [0.25, 0.3) is 11.3 Å². The van der Waals surface area contributed by atoms with E-state index in [-0.39, 0.29) is 12.4 Å². The first kappa shape index (κ1) is 17.6. The molecule has 0 saturated heterocycles. The fraction of sp³-hybridized carbons (Fsp3) is 0.444. The highest BCUT2D eigenvalue weighted by molar-refractivity contribution is 5.69. The first-order valence-electron chi connectivity index (χ1n) is 8.54. The molecular formula is C18H23FN4O2. The van der Waals surface area contributed by atoms with E-state index in [4.69, 9.17) is 5.11 Å². The highest BCUT2D eigenvalue weighted by atomic mass is 19.1. The predicted octanol–water partition coefficient (Wildman–Crippen LogP) is 2.24. The molecule has 1 aromatic heterocycles. The second kappa shape index (κ2) is 7.76. The van der Waals surface area contributed by atoms with E-state index in [1.165, 1.54) is 12.1 Å². The van der Waals surface area contributed by atoms with Gasteiger partial charge in [-0.3, -0.25) is 14.8 Å². The van der Waals surface area contributed by atoms with Gasteiger partial charge in [0.1, 0.15) is 5.82 Å². The molecule has 1 aromatic carbocycles. The van der Waals surface area contributed by atoms with E-state index in [1.807, 2.05) is 11.8 Å². The van der Waals surface area contributed by atoms with Crippen molar-refractivity contribution >= 4 is 5.97 Å². The maximum Gasteiger partial charge on any atom is 0.317 e. The molecule has 2 aromatic rings. The van der Waals surface area contributed by atoms with E-state index in [2.05, 4.69) is 15.5 Å². The standard InChI is InChI=1S/C18H23FN4O2/c1-2-23(11-17(24)25)16-7-15(8-16)20-9-13-10-21-22-18(13)12-3-5-14(19)6-4-12/h3-6,10,15-16,20H,2,7-9,11H2,1H3,(H,21,22)(H,24,25). The second-order valence-corrected chi connectivity index (χ2v) is 6.44. The van der Waals surface area contributed by atoms with E-state index >= 15 is 0 Å². The molecule has 1 heterocycles. The SMILES string of the molecule is CCN(CC(=O)O)C1CC(NCc2cn[nH]c2-c2ccc(F)cc2)C1. The Balaban J connectivity index is 1.52. The average Bonchev–Trinajstić information content (AvgIpc) is 3.01. The van der Waals surface area contributed by atoms with Crippen LogP contribution in [0.15, 0.2) is 30.5 Å². The Morgan fingerprint density at radius 1 is 1.40 bits per heavy atom. The zero-order chi connectivity index (χ0) is 17.8. The van der Waals surface area contributed by atoms with Crippen molar-refractivity contribution in [1.82, 2.24) is 20.4 Å². The van der Waals surface area contributed by atoms with Crippen LogP contribution in [0.5, 0.6) is 0 Å². The third-order valence-corrected chi connectivity index (χ3v) is 4.81. The van der Waals surface area contributed by atoms with E-state index in [1.54, 1.807) is 18.3 Å². The summed E-state index contributed by atoms with van der Waals surface area (Å²) in [6.07, 6.45) is 3.68. The Morgan fingerprint density at radius 3 is 2.76 bits per heavy atom. The molecule has 6 nitrogen and oxygen atoms in total. The summed E-state index contributed by atoms with van der Waals surface area (Å²) >= 11 is 0. The normalized spacial score (nSPS) is 19.8. The van der Waals surface area contributed by atoms with Gasteiger partial charge in [0.2, 0.25) is 0 Å². The first-order valence-corrected chi connectivity index (χ1v) is 8.54. The number of aromatic amines is 1. The summed E-state index contributed by atoms with van der Waals surface area (Å²) in [5, 5.41) is 19.5. The third kappa shape index (κ3) is 4.24. The number of halogens is 1. The zero-order valence-electron chi connectivity index (χ0n) is 14.2. The summed E-state index contributed by atoms with van der Waals surface area (Å²) in [5.41, 5.74) is 2.83. The topological polar surface area (TPSA) is 81.2 Å². The molecule has 1 saturated carbocycles. The smallest absolute Gasteiger partial charge is 0.317 e. The lowest BCUT2D eigenvalue weighted by Crippen LogP contribution is -2.53. The van der Waals surface area contributed by atoms with Crippen LogP contribution in [-0.2, 0) is 11.3 Å². The minimum absolute atomic E-state index is 0.102. The third-order valence-electron chi connectivity index (χ3n) is 4.81. The first-order chi connectivity index (χ1) is 12.1. The molecule has 3 rings (SSSR count). The van der Waals surface area contributed by atoms with Gasteiger partial charge in [0.25, 0.3) is 0 Å². The van der Waals surface area contributed by atoms with Crippen LogP contribution in [0, 0.1) is 5.82 Å². The maximum atomic E-state index is 13.1. The summed E-state index contributed by atoms with van der Waals surface area (Å²) in [6, 6.07) is 7.05. The molecule has 1 fully saturated rings. The largest absolute Gasteiger partial charge is 0.480 e. The quantitative estimate of drug-likeness (QED) is 0.683. The van der Waals surface area contributed by atoms with Crippen molar-refractivity contribution in [2.24, 2.45) is 0 Å². The number of nitrogens with one attached hydrogen (secondary N) is 2. The lowest BCUT2D eigenvalue weighted by atomic mass is 9.85. The van der Waals surface area contributed by atoms with Gasteiger partial charge in [0.05, 0.1) is 18.4 Å². The molecule has 3 N–H and O–H groups in total. The van der Waals surface area contributed by atoms with Gasteiger partial charge in [-0.15, -0.1) is 0 Å². The monoisotopic (exact) mass is 346 g/mol.